The van der Waals surface area contributed by atoms with Gasteiger partial charge in [-0.1, -0.05) is 68.5 Å². The number of hydrogen-bond donors (Lipinski definition) is 1. The van der Waals surface area contributed by atoms with E-state index in [0.29, 0.717) is 22.0 Å². The molecule has 2 saturated heterocycles. The molecule has 0 unspecified atom stereocenters. The molecule has 3 atom stereocenters. The molecule has 2 fully saturated rings. The third-order valence-corrected chi connectivity index (χ3v) is 8.24. The van der Waals surface area contributed by atoms with Gasteiger partial charge in [0.2, 0.25) is 0 Å². The summed E-state index contributed by atoms with van der Waals surface area (Å²) in [5.41, 5.74) is 0.797. The molecular formula is C21H24N2O3S2. The van der Waals surface area contributed by atoms with Crippen molar-refractivity contribution in [3.63, 3.8) is 0 Å². The summed E-state index contributed by atoms with van der Waals surface area (Å²) in [7, 11) is 0. The average molecular weight is 417 g/mol. The van der Waals surface area contributed by atoms with E-state index in [9.17, 15) is 9.90 Å². The first kappa shape index (κ1) is 19.5. The van der Waals surface area contributed by atoms with Crippen molar-refractivity contribution < 1.29 is 14.4 Å². The van der Waals surface area contributed by atoms with Gasteiger partial charge in [-0.05, 0) is 19.8 Å². The van der Waals surface area contributed by atoms with Crippen LogP contribution in [0.1, 0.15) is 51.8 Å². The highest BCUT2D eigenvalue weighted by Crippen LogP contribution is 2.64. The van der Waals surface area contributed by atoms with Crippen LogP contribution in [0.2, 0.25) is 0 Å². The molecule has 0 amide bonds. The minimum absolute atomic E-state index is 0.0135. The molecule has 1 aromatic carbocycles. The van der Waals surface area contributed by atoms with Crippen LogP contribution in [-0.2, 0) is 10.3 Å². The van der Waals surface area contributed by atoms with Crippen molar-refractivity contribution in [1.29, 1.82) is 0 Å². The van der Waals surface area contributed by atoms with E-state index < -0.39 is 16.3 Å². The molecule has 2 aromatic rings. The van der Waals surface area contributed by atoms with Gasteiger partial charge in [-0.3, -0.25) is 0 Å². The van der Waals surface area contributed by atoms with Crippen LogP contribution in [0.5, 0.6) is 0 Å². The second-order valence-electron chi connectivity index (χ2n) is 8.32. The number of hydrogen-bond acceptors (Lipinski definition) is 5. The largest absolute Gasteiger partial charge is 0.479 e. The van der Waals surface area contributed by atoms with Crippen molar-refractivity contribution in [3.8, 4) is 11.3 Å². The summed E-state index contributed by atoms with van der Waals surface area (Å²) in [5.74, 6) is -0.213. The lowest BCUT2D eigenvalue weighted by atomic mass is 9.72. The number of benzene rings is 1. The van der Waals surface area contributed by atoms with E-state index in [0.717, 1.165) is 5.56 Å². The van der Waals surface area contributed by atoms with Crippen LogP contribution in [0.4, 0.5) is 0 Å². The Balaban J connectivity index is 2.06. The lowest BCUT2D eigenvalue weighted by molar-refractivity contribution is -0.152. The van der Waals surface area contributed by atoms with Crippen molar-refractivity contribution >= 4 is 34.9 Å². The first-order chi connectivity index (χ1) is 13.1. The van der Waals surface area contributed by atoms with Crippen LogP contribution in [0.3, 0.4) is 0 Å². The number of rotatable bonds is 4. The second-order valence-corrected chi connectivity index (χ2v) is 10.5. The fourth-order valence-electron chi connectivity index (χ4n) is 4.52. The molecule has 1 aromatic heterocycles. The fourth-order valence-corrected chi connectivity index (χ4v) is 6.82. The summed E-state index contributed by atoms with van der Waals surface area (Å²) in [6, 6.07) is 9.60. The summed E-state index contributed by atoms with van der Waals surface area (Å²) in [6.07, 6.45) is 0. The van der Waals surface area contributed by atoms with E-state index in [1.165, 1.54) is 0 Å². The minimum atomic E-state index is -1.34. The molecule has 5 nitrogen and oxygen atoms in total. The van der Waals surface area contributed by atoms with Crippen LogP contribution in [0, 0.1) is 5.92 Å². The normalized spacial score (nSPS) is 28.4. The molecule has 0 bridgehead atoms. The Morgan fingerprint density at radius 3 is 2.54 bits per heavy atom. The maximum atomic E-state index is 13.1. The topological polar surface area (TPSA) is 66.6 Å². The van der Waals surface area contributed by atoms with E-state index in [-0.39, 0.29) is 17.2 Å². The van der Waals surface area contributed by atoms with Crippen LogP contribution in [-0.4, -0.2) is 36.2 Å². The molecule has 4 rings (SSSR count). The molecule has 28 heavy (non-hydrogen) atoms. The number of carboxylic acid groups (broad SMARTS) is 1. The van der Waals surface area contributed by atoms with Crippen molar-refractivity contribution in [1.82, 2.24) is 10.1 Å². The minimum Gasteiger partial charge on any atom is -0.479 e. The van der Waals surface area contributed by atoms with Gasteiger partial charge in [0.05, 0.1) is 26.4 Å². The van der Waals surface area contributed by atoms with E-state index in [2.05, 4.69) is 12.1 Å². The lowest BCUT2D eigenvalue weighted by Crippen LogP contribution is -2.67. The van der Waals surface area contributed by atoms with Gasteiger partial charge in [0.15, 0.2) is 11.3 Å². The predicted octanol–water partition coefficient (Wildman–Crippen LogP) is 4.88. The number of thiocarbonyl (C=S) groups is 1. The highest BCUT2D eigenvalue weighted by Gasteiger charge is 2.72. The first-order valence-corrected chi connectivity index (χ1v) is 10.7. The van der Waals surface area contributed by atoms with Crippen LogP contribution in [0.25, 0.3) is 11.3 Å². The Labute approximate surface area is 174 Å². The van der Waals surface area contributed by atoms with Gasteiger partial charge in [-0.25, -0.2) is 4.79 Å². The summed E-state index contributed by atoms with van der Waals surface area (Å²) in [5, 5.41) is 15.1. The zero-order valence-corrected chi connectivity index (χ0v) is 18.2. The maximum absolute atomic E-state index is 13.1. The number of aromatic nitrogens is 1. The Kier molecular flexibility index (Phi) is 4.39. The second kappa shape index (κ2) is 6.32. The van der Waals surface area contributed by atoms with Gasteiger partial charge < -0.3 is 14.5 Å². The van der Waals surface area contributed by atoms with E-state index >= 15 is 0 Å². The Morgan fingerprint density at radius 1 is 1.32 bits per heavy atom. The number of fused-ring (bicyclic) bond motifs is 1. The number of carbonyl (C=O) groups is 1. The predicted molar refractivity (Wildman–Crippen MR) is 114 cm³/mol. The number of thioether (sulfide) groups is 1. The zero-order valence-electron chi connectivity index (χ0n) is 16.6. The lowest BCUT2D eigenvalue weighted by Gasteiger charge is -2.51. The molecule has 0 spiro atoms. The Morgan fingerprint density at radius 2 is 1.96 bits per heavy atom. The Bertz CT molecular complexity index is 954. The smallest absolute Gasteiger partial charge is 0.336 e. The van der Waals surface area contributed by atoms with Gasteiger partial charge >= 0.3 is 5.97 Å². The van der Waals surface area contributed by atoms with E-state index in [1.54, 1.807) is 11.8 Å². The zero-order chi connectivity index (χ0) is 20.4. The molecule has 0 aliphatic carbocycles. The maximum Gasteiger partial charge on any atom is 0.336 e. The molecule has 3 heterocycles. The SMILES string of the molecule is CC(C)c1noc(-c2ccccc2)c1[C@@]1(C(=O)O)N2C(=S)[C@@H](C)[C@H]2SC1(C)C. The molecule has 7 heteroatoms. The summed E-state index contributed by atoms with van der Waals surface area (Å²) >= 11 is 7.33. The quantitative estimate of drug-likeness (QED) is 0.713. The highest BCUT2D eigenvalue weighted by molar-refractivity contribution is 8.01. The number of aliphatic carboxylic acids is 1. The molecule has 148 valence electrons. The van der Waals surface area contributed by atoms with E-state index in [1.807, 2.05) is 62.9 Å². The molecular weight excluding hydrogens is 392 g/mol. The monoisotopic (exact) mass is 416 g/mol. The molecule has 2 aliphatic heterocycles. The van der Waals surface area contributed by atoms with E-state index in [4.69, 9.17) is 16.7 Å². The van der Waals surface area contributed by atoms with Crippen LogP contribution >= 0.6 is 24.0 Å². The van der Waals surface area contributed by atoms with Crippen molar-refractivity contribution in [2.75, 3.05) is 0 Å². The highest BCUT2D eigenvalue weighted by atomic mass is 32.2. The van der Waals surface area contributed by atoms with Gasteiger partial charge in [0, 0.05) is 11.5 Å². The van der Waals surface area contributed by atoms with Gasteiger partial charge in [0.25, 0.3) is 0 Å². The third-order valence-electron chi connectivity index (χ3n) is 5.93. The summed E-state index contributed by atoms with van der Waals surface area (Å²) < 4.78 is 5.17. The Hall–Kier alpha value is -1.86. The first-order valence-electron chi connectivity index (χ1n) is 9.44. The molecule has 1 N–H and O–H groups in total. The third kappa shape index (κ3) is 2.29. The summed E-state index contributed by atoms with van der Waals surface area (Å²) in [4.78, 5) is 15.7. The average Bonchev–Trinajstić information content (AvgIpc) is 3.18. The summed E-state index contributed by atoms with van der Waals surface area (Å²) in [6.45, 7) is 10.1. The molecule has 0 saturated carbocycles. The standard InChI is InChI=1S/C21H24N2O3S2/c1-11(2)15-14(16(26-22-15)13-9-7-6-8-10-13)21(19(24)25)20(4,5)28-18-12(3)17(27)23(18)21/h6-12,18H,1-5H3,(H,24,25)/t12-,18-,21+/m1/s1. The van der Waals surface area contributed by atoms with Gasteiger partial charge in [0.1, 0.15) is 0 Å². The van der Waals surface area contributed by atoms with Crippen molar-refractivity contribution in [3.05, 3.63) is 41.6 Å². The fraction of sp³-hybridized carbons (Fsp3) is 0.476. The van der Waals surface area contributed by atoms with Gasteiger partial charge in [-0.2, -0.15) is 0 Å². The number of carboxylic acids is 1. The van der Waals surface area contributed by atoms with Crippen LogP contribution in [0.15, 0.2) is 34.9 Å². The van der Waals surface area contributed by atoms with Gasteiger partial charge in [-0.15, -0.1) is 11.8 Å². The van der Waals surface area contributed by atoms with Crippen molar-refractivity contribution in [2.24, 2.45) is 5.92 Å². The van der Waals surface area contributed by atoms with Crippen molar-refractivity contribution in [2.45, 2.75) is 56.2 Å². The molecule has 2 aliphatic rings. The molecule has 0 radical (unpaired) electrons. The number of nitrogens with zero attached hydrogens (tertiary/aromatic N) is 2. The van der Waals surface area contributed by atoms with Crippen LogP contribution < -0.4 is 0 Å².